The second kappa shape index (κ2) is 6.40. The Bertz CT molecular complexity index is 607. The van der Waals surface area contributed by atoms with Crippen LogP contribution in [0.4, 0.5) is 0 Å². The molecule has 2 aromatic carbocycles. The van der Waals surface area contributed by atoms with Crippen molar-refractivity contribution < 1.29 is 9.47 Å². The topological polar surface area (TPSA) is 18.5 Å². The van der Waals surface area contributed by atoms with E-state index in [4.69, 9.17) is 21.1 Å². The third-order valence-corrected chi connectivity index (χ3v) is 4.17. The van der Waals surface area contributed by atoms with Gasteiger partial charge in [-0.1, -0.05) is 43.7 Å². The predicted octanol–water partition coefficient (Wildman–Crippen LogP) is 4.74. The van der Waals surface area contributed by atoms with Crippen LogP contribution in [0.1, 0.15) is 35.4 Å². The molecule has 2 nitrogen and oxygen atoms in total. The molecule has 0 bridgehead atoms. The Balaban J connectivity index is 1.82. The summed E-state index contributed by atoms with van der Waals surface area (Å²) in [5, 5.41) is -0.170. The Morgan fingerprint density at radius 1 is 0.952 bits per heavy atom. The molecule has 3 rings (SSSR count). The first kappa shape index (κ1) is 14.3. The van der Waals surface area contributed by atoms with Gasteiger partial charge in [0.1, 0.15) is 13.2 Å². The van der Waals surface area contributed by atoms with E-state index in [2.05, 4.69) is 31.2 Å². The number of aryl methyl sites for hydroxylation is 1. The maximum atomic E-state index is 6.61. The Morgan fingerprint density at radius 2 is 1.62 bits per heavy atom. The zero-order chi connectivity index (χ0) is 14.7. The van der Waals surface area contributed by atoms with Gasteiger partial charge in [-0.25, -0.2) is 0 Å². The summed E-state index contributed by atoms with van der Waals surface area (Å²) in [5.74, 6) is 1.58. The van der Waals surface area contributed by atoms with Crippen molar-refractivity contribution in [3.63, 3.8) is 0 Å². The summed E-state index contributed by atoms with van der Waals surface area (Å²) in [6, 6.07) is 14.5. The first-order chi connectivity index (χ1) is 10.3. The SMILES string of the molecule is CCCc1ccc(C(Cl)c2ccc3c(c2)OCCO3)cc1. The molecule has 1 unspecified atom stereocenters. The zero-order valence-electron chi connectivity index (χ0n) is 12.1. The highest BCUT2D eigenvalue weighted by molar-refractivity contribution is 6.22. The molecule has 21 heavy (non-hydrogen) atoms. The number of ether oxygens (including phenoxy) is 2. The quantitative estimate of drug-likeness (QED) is 0.760. The first-order valence-electron chi connectivity index (χ1n) is 7.40. The molecular weight excluding hydrogens is 284 g/mol. The van der Waals surface area contributed by atoms with Crippen LogP contribution in [-0.2, 0) is 6.42 Å². The van der Waals surface area contributed by atoms with E-state index in [1.54, 1.807) is 0 Å². The number of halogens is 1. The van der Waals surface area contributed by atoms with Gasteiger partial charge in [-0.2, -0.15) is 0 Å². The fourth-order valence-electron chi connectivity index (χ4n) is 2.55. The Morgan fingerprint density at radius 3 is 2.33 bits per heavy atom. The molecule has 2 aromatic rings. The van der Waals surface area contributed by atoms with Crippen LogP contribution < -0.4 is 9.47 Å². The van der Waals surface area contributed by atoms with Gasteiger partial charge in [0.15, 0.2) is 11.5 Å². The summed E-state index contributed by atoms with van der Waals surface area (Å²) in [5.41, 5.74) is 3.49. The van der Waals surface area contributed by atoms with Gasteiger partial charge in [0, 0.05) is 0 Å². The maximum absolute atomic E-state index is 6.61. The molecule has 0 radical (unpaired) electrons. The Hall–Kier alpha value is -1.67. The lowest BCUT2D eigenvalue weighted by atomic mass is 10.0. The molecule has 3 heteroatoms. The van der Waals surface area contributed by atoms with Crippen molar-refractivity contribution in [2.45, 2.75) is 25.1 Å². The molecule has 0 fully saturated rings. The van der Waals surface area contributed by atoms with E-state index in [1.807, 2.05) is 18.2 Å². The number of benzene rings is 2. The number of rotatable bonds is 4. The number of alkyl halides is 1. The normalized spacial score (nSPS) is 14.8. The minimum absolute atomic E-state index is 0.170. The molecule has 1 aliphatic heterocycles. The summed E-state index contributed by atoms with van der Waals surface area (Å²) in [6.45, 7) is 3.39. The lowest BCUT2D eigenvalue weighted by Crippen LogP contribution is -2.15. The van der Waals surface area contributed by atoms with Crippen LogP contribution in [0.2, 0.25) is 0 Å². The lowest BCUT2D eigenvalue weighted by Gasteiger charge is -2.20. The summed E-state index contributed by atoms with van der Waals surface area (Å²) in [6.07, 6.45) is 2.27. The molecule has 0 saturated carbocycles. The minimum Gasteiger partial charge on any atom is -0.486 e. The molecular formula is C18H19ClO2. The van der Waals surface area contributed by atoms with E-state index in [0.29, 0.717) is 13.2 Å². The van der Waals surface area contributed by atoms with E-state index >= 15 is 0 Å². The molecule has 0 N–H and O–H groups in total. The van der Waals surface area contributed by atoms with Crippen molar-refractivity contribution in [1.29, 1.82) is 0 Å². The van der Waals surface area contributed by atoms with Crippen molar-refractivity contribution >= 4 is 11.6 Å². The van der Waals surface area contributed by atoms with Gasteiger partial charge >= 0.3 is 0 Å². The number of hydrogen-bond acceptors (Lipinski definition) is 2. The lowest BCUT2D eigenvalue weighted by molar-refractivity contribution is 0.171. The van der Waals surface area contributed by atoms with Gasteiger partial charge in [-0.15, -0.1) is 11.6 Å². The van der Waals surface area contributed by atoms with Crippen molar-refractivity contribution in [3.8, 4) is 11.5 Å². The summed E-state index contributed by atoms with van der Waals surface area (Å²) in [7, 11) is 0. The maximum Gasteiger partial charge on any atom is 0.161 e. The smallest absolute Gasteiger partial charge is 0.161 e. The van der Waals surface area contributed by atoms with Crippen molar-refractivity contribution in [3.05, 3.63) is 59.2 Å². The van der Waals surface area contributed by atoms with E-state index in [0.717, 1.165) is 35.5 Å². The molecule has 0 aromatic heterocycles. The summed E-state index contributed by atoms with van der Waals surface area (Å²) >= 11 is 6.61. The van der Waals surface area contributed by atoms with Gasteiger partial charge in [0.05, 0.1) is 5.38 Å². The number of fused-ring (bicyclic) bond motifs is 1. The monoisotopic (exact) mass is 302 g/mol. The predicted molar refractivity (Wildman–Crippen MR) is 85.6 cm³/mol. The van der Waals surface area contributed by atoms with E-state index in [-0.39, 0.29) is 5.38 Å². The highest BCUT2D eigenvalue weighted by Crippen LogP contribution is 2.36. The molecule has 1 aliphatic rings. The van der Waals surface area contributed by atoms with Crippen LogP contribution in [0.3, 0.4) is 0 Å². The van der Waals surface area contributed by atoms with Crippen molar-refractivity contribution in [2.24, 2.45) is 0 Å². The van der Waals surface area contributed by atoms with Gasteiger partial charge in [-0.3, -0.25) is 0 Å². The van der Waals surface area contributed by atoms with Crippen LogP contribution in [0.25, 0.3) is 0 Å². The zero-order valence-corrected chi connectivity index (χ0v) is 12.9. The molecule has 0 amide bonds. The van der Waals surface area contributed by atoms with Crippen LogP contribution in [0.5, 0.6) is 11.5 Å². The fourth-order valence-corrected chi connectivity index (χ4v) is 2.83. The van der Waals surface area contributed by atoms with Gasteiger partial charge in [-0.05, 0) is 35.2 Å². The first-order valence-corrected chi connectivity index (χ1v) is 7.84. The third kappa shape index (κ3) is 3.16. The average molecular weight is 303 g/mol. The highest BCUT2D eigenvalue weighted by Gasteiger charge is 2.16. The third-order valence-electron chi connectivity index (χ3n) is 3.67. The van der Waals surface area contributed by atoms with Gasteiger partial charge < -0.3 is 9.47 Å². The molecule has 1 atom stereocenters. The van der Waals surface area contributed by atoms with Crippen molar-refractivity contribution in [2.75, 3.05) is 13.2 Å². The van der Waals surface area contributed by atoms with Gasteiger partial charge in [0.2, 0.25) is 0 Å². The van der Waals surface area contributed by atoms with Crippen molar-refractivity contribution in [1.82, 2.24) is 0 Å². The summed E-state index contributed by atoms with van der Waals surface area (Å²) in [4.78, 5) is 0. The Kier molecular flexibility index (Phi) is 4.35. The second-order valence-electron chi connectivity index (χ2n) is 5.26. The fraction of sp³-hybridized carbons (Fsp3) is 0.333. The molecule has 0 saturated heterocycles. The van der Waals surface area contributed by atoms with Gasteiger partial charge in [0.25, 0.3) is 0 Å². The van der Waals surface area contributed by atoms with Crippen LogP contribution in [-0.4, -0.2) is 13.2 Å². The summed E-state index contributed by atoms with van der Waals surface area (Å²) < 4.78 is 11.2. The standard InChI is InChI=1S/C18H19ClO2/c1-2-3-13-4-6-14(7-5-13)18(19)15-8-9-16-17(12-15)21-11-10-20-16/h4-9,12,18H,2-3,10-11H2,1H3. The van der Waals surface area contributed by atoms with E-state index in [1.165, 1.54) is 5.56 Å². The van der Waals surface area contributed by atoms with E-state index in [9.17, 15) is 0 Å². The van der Waals surface area contributed by atoms with E-state index < -0.39 is 0 Å². The van der Waals surface area contributed by atoms with Crippen LogP contribution in [0.15, 0.2) is 42.5 Å². The molecule has 0 aliphatic carbocycles. The largest absolute Gasteiger partial charge is 0.486 e. The second-order valence-corrected chi connectivity index (χ2v) is 5.69. The van der Waals surface area contributed by atoms with Crippen LogP contribution >= 0.6 is 11.6 Å². The minimum atomic E-state index is -0.170. The molecule has 0 spiro atoms. The number of hydrogen-bond donors (Lipinski definition) is 0. The average Bonchev–Trinajstić information content (AvgIpc) is 2.55. The Labute approximate surface area is 130 Å². The van der Waals surface area contributed by atoms with Crippen LogP contribution in [0, 0.1) is 0 Å². The molecule has 1 heterocycles. The highest BCUT2D eigenvalue weighted by atomic mass is 35.5. The molecule has 110 valence electrons.